The summed E-state index contributed by atoms with van der Waals surface area (Å²) in [6.45, 7) is 2.24. The Morgan fingerprint density at radius 3 is 2.60 bits per heavy atom. The Kier molecular flexibility index (Phi) is 5.15. The van der Waals surface area contributed by atoms with E-state index in [1.54, 1.807) is 11.0 Å². The van der Waals surface area contributed by atoms with E-state index in [4.69, 9.17) is 16.1 Å². The summed E-state index contributed by atoms with van der Waals surface area (Å²) in [4.78, 5) is 18.4. The van der Waals surface area contributed by atoms with E-state index in [9.17, 15) is 18.0 Å². The molecule has 0 aliphatic carbocycles. The van der Waals surface area contributed by atoms with Gasteiger partial charge in [0.1, 0.15) is 5.75 Å². The van der Waals surface area contributed by atoms with Crippen molar-refractivity contribution in [3.05, 3.63) is 58.9 Å². The van der Waals surface area contributed by atoms with E-state index in [-0.39, 0.29) is 35.7 Å². The van der Waals surface area contributed by atoms with E-state index in [2.05, 4.69) is 14.9 Å². The molecule has 156 valence electrons. The largest absolute Gasteiger partial charge is 0.573 e. The Labute approximate surface area is 174 Å². The highest BCUT2D eigenvalue weighted by Gasteiger charge is 2.35. The second-order valence-electron chi connectivity index (χ2n) is 6.87. The summed E-state index contributed by atoms with van der Waals surface area (Å²) in [6, 6.07) is 10.5. The molecular weight excluding hydrogens is 423 g/mol. The van der Waals surface area contributed by atoms with Crippen molar-refractivity contribution in [2.45, 2.75) is 25.6 Å². The molecule has 2 aromatic carbocycles. The number of alkyl halides is 3. The Hall–Kier alpha value is -3.07. The summed E-state index contributed by atoms with van der Waals surface area (Å²) in [5.74, 6) is -0.230. The van der Waals surface area contributed by atoms with Crippen molar-refractivity contribution in [3.63, 3.8) is 0 Å². The Morgan fingerprint density at radius 1 is 1.20 bits per heavy atom. The van der Waals surface area contributed by atoms with Crippen LogP contribution in [0.4, 0.5) is 18.9 Å². The van der Waals surface area contributed by atoms with Crippen LogP contribution in [0.3, 0.4) is 0 Å². The standard InChI is InChI=1S/C20H15ClF3N3O3/c1-11-2-5-14(9-16(11)21)27-10-13(8-17(27)28)19-25-18(26-30-19)12-3-6-15(7-4-12)29-20(22,23)24/h2-7,9,13H,8,10H2,1H3. The number of aryl methyl sites for hydroxylation is 1. The average molecular weight is 438 g/mol. The number of aromatic nitrogens is 2. The molecule has 2 heterocycles. The number of benzene rings is 2. The van der Waals surface area contributed by atoms with Crippen LogP contribution in [0.5, 0.6) is 5.75 Å². The molecule has 1 aliphatic rings. The fourth-order valence-electron chi connectivity index (χ4n) is 3.20. The Morgan fingerprint density at radius 2 is 1.93 bits per heavy atom. The van der Waals surface area contributed by atoms with E-state index in [0.717, 1.165) is 5.56 Å². The third-order valence-electron chi connectivity index (χ3n) is 4.73. The summed E-state index contributed by atoms with van der Waals surface area (Å²) in [6.07, 6.45) is -4.56. The van der Waals surface area contributed by atoms with Crippen molar-refractivity contribution in [2.75, 3.05) is 11.4 Å². The van der Waals surface area contributed by atoms with Crippen molar-refractivity contribution >= 4 is 23.2 Å². The summed E-state index contributed by atoms with van der Waals surface area (Å²) >= 11 is 6.16. The van der Waals surface area contributed by atoms with Crippen LogP contribution < -0.4 is 9.64 Å². The highest BCUT2D eigenvalue weighted by Crippen LogP contribution is 2.34. The zero-order valence-electron chi connectivity index (χ0n) is 15.6. The van der Waals surface area contributed by atoms with Gasteiger partial charge < -0.3 is 14.2 Å². The van der Waals surface area contributed by atoms with Gasteiger partial charge in [0.15, 0.2) is 0 Å². The first kappa shape index (κ1) is 20.2. The first-order chi connectivity index (χ1) is 14.2. The SMILES string of the molecule is Cc1ccc(N2CC(c3nc(-c4ccc(OC(F)(F)F)cc4)no3)CC2=O)cc1Cl. The molecule has 0 spiro atoms. The monoisotopic (exact) mass is 437 g/mol. The fourth-order valence-corrected chi connectivity index (χ4v) is 3.37. The molecule has 1 atom stereocenters. The molecule has 1 aromatic heterocycles. The molecule has 0 radical (unpaired) electrons. The summed E-state index contributed by atoms with van der Waals surface area (Å²) in [5.41, 5.74) is 2.07. The minimum absolute atomic E-state index is 0.0895. The van der Waals surface area contributed by atoms with E-state index in [1.165, 1.54) is 24.3 Å². The van der Waals surface area contributed by atoms with Gasteiger partial charge in [0.25, 0.3) is 0 Å². The number of carbonyl (C=O) groups excluding carboxylic acids is 1. The van der Waals surface area contributed by atoms with Gasteiger partial charge in [0.05, 0.1) is 5.92 Å². The van der Waals surface area contributed by atoms with Gasteiger partial charge >= 0.3 is 6.36 Å². The van der Waals surface area contributed by atoms with Crippen LogP contribution in [-0.2, 0) is 4.79 Å². The first-order valence-electron chi connectivity index (χ1n) is 8.96. The first-order valence-corrected chi connectivity index (χ1v) is 9.34. The third-order valence-corrected chi connectivity index (χ3v) is 5.14. The fraction of sp³-hybridized carbons (Fsp3) is 0.250. The van der Waals surface area contributed by atoms with Crippen LogP contribution >= 0.6 is 11.6 Å². The van der Waals surface area contributed by atoms with E-state index in [0.29, 0.717) is 22.8 Å². The summed E-state index contributed by atoms with van der Waals surface area (Å²) in [7, 11) is 0. The lowest BCUT2D eigenvalue weighted by molar-refractivity contribution is -0.274. The van der Waals surface area contributed by atoms with Gasteiger partial charge in [-0.15, -0.1) is 13.2 Å². The highest BCUT2D eigenvalue weighted by molar-refractivity contribution is 6.31. The van der Waals surface area contributed by atoms with Gasteiger partial charge in [0, 0.05) is 29.2 Å². The summed E-state index contributed by atoms with van der Waals surface area (Å²) in [5, 5.41) is 4.45. The molecule has 0 N–H and O–H groups in total. The van der Waals surface area contributed by atoms with Crippen LogP contribution in [0.1, 0.15) is 23.8 Å². The van der Waals surface area contributed by atoms with Gasteiger partial charge in [-0.05, 0) is 48.9 Å². The molecule has 1 aliphatic heterocycles. The number of amides is 1. The third kappa shape index (κ3) is 4.25. The van der Waals surface area contributed by atoms with Gasteiger partial charge in [-0.3, -0.25) is 4.79 Å². The zero-order valence-corrected chi connectivity index (χ0v) is 16.4. The maximum atomic E-state index is 12.5. The van der Waals surface area contributed by atoms with Gasteiger partial charge in [0.2, 0.25) is 17.6 Å². The van der Waals surface area contributed by atoms with Gasteiger partial charge in [-0.2, -0.15) is 4.98 Å². The number of anilines is 1. The quantitative estimate of drug-likeness (QED) is 0.567. The second-order valence-corrected chi connectivity index (χ2v) is 7.27. The van der Waals surface area contributed by atoms with Crippen molar-refractivity contribution in [3.8, 4) is 17.1 Å². The topological polar surface area (TPSA) is 68.5 Å². The van der Waals surface area contributed by atoms with Crippen LogP contribution in [0, 0.1) is 6.92 Å². The zero-order chi connectivity index (χ0) is 21.5. The molecule has 30 heavy (non-hydrogen) atoms. The number of hydrogen-bond acceptors (Lipinski definition) is 5. The average Bonchev–Trinajstić information content (AvgIpc) is 3.30. The second kappa shape index (κ2) is 7.64. The molecule has 0 bridgehead atoms. The van der Waals surface area contributed by atoms with Gasteiger partial charge in [-0.25, -0.2) is 0 Å². The lowest BCUT2D eigenvalue weighted by Crippen LogP contribution is -2.24. The van der Waals surface area contributed by atoms with Crippen LogP contribution in [0.25, 0.3) is 11.4 Å². The predicted octanol–water partition coefficient (Wildman–Crippen LogP) is 5.12. The lowest BCUT2D eigenvalue weighted by Gasteiger charge is -2.17. The maximum Gasteiger partial charge on any atom is 0.573 e. The number of halogens is 4. The molecule has 1 saturated heterocycles. The van der Waals surface area contributed by atoms with Crippen LogP contribution in [-0.4, -0.2) is 29.0 Å². The van der Waals surface area contributed by atoms with Crippen molar-refractivity contribution in [1.29, 1.82) is 0 Å². The van der Waals surface area contributed by atoms with Crippen molar-refractivity contribution in [1.82, 2.24) is 10.1 Å². The van der Waals surface area contributed by atoms with Crippen LogP contribution in [0.15, 0.2) is 47.0 Å². The molecule has 10 heteroatoms. The predicted molar refractivity (Wildman–Crippen MR) is 102 cm³/mol. The van der Waals surface area contributed by atoms with E-state index < -0.39 is 6.36 Å². The molecule has 1 fully saturated rings. The van der Waals surface area contributed by atoms with E-state index in [1.807, 2.05) is 19.1 Å². The minimum Gasteiger partial charge on any atom is -0.406 e. The molecule has 3 aromatic rings. The minimum atomic E-state index is -4.76. The molecule has 4 rings (SSSR count). The smallest absolute Gasteiger partial charge is 0.406 e. The van der Waals surface area contributed by atoms with Crippen LogP contribution in [0.2, 0.25) is 5.02 Å². The van der Waals surface area contributed by atoms with Crippen molar-refractivity contribution < 1.29 is 27.2 Å². The normalized spacial score (nSPS) is 16.9. The Bertz CT molecular complexity index is 1080. The molecule has 1 unspecified atom stereocenters. The Balaban J connectivity index is 1.49. The molecular formula is C20H15ClF3N3O3. The highest BCUT2D eigenvalue weighted by atomic mass is 35.5. The number of ether oxygens (including phenoxy) is 1. The maximum absolute atomic E-state index is 12.5. The molecule has 0 saturated carbocycles. The number of hydrogen-bond donors (Lipinski definition) is 0. The van der Waals surface area contributed by atoms with E-state index >= 15 is 0 Å². The number of nitrogens with zero attached hydrogens (tertiary/aromatic N) is 3. The lowest BCUT2D eigenvalue weighted by atomic mass is 10.1. The van der Waals surface area contributed by atoms with Crippen molar-refractivity contribution in [2.24, 2.45) is 0 Å². The number of rotatable bonds is 4. The molecule has 1 amide bonds. The molecule has 6 nitrogen and oxygen atoms in total. The number of carbonyl (C=O) groups is 1. The van der Waals surface area contributed by atoms with Gasteiger partial charge in [-0.1, -0.05) is 22.8 Å². The summed E-state index contributed by atoms with van der Waals surface area (Å²) < 4.78 is 46.0.